The number of carbonyl (C=O) groups excluding carboxylic acids is 1. The number of hydrogen-bond acceptors (Lipinski definition) is 15. The number of aromatic amines is 2. The van der Waals surface area contributed by atoms with Crippen molar-refractivity contribution in [3.8, 4) is 0 Å². The van der Waals surface area contributed by atoms with Crippen molar-refractivity contribution in [3.05, 3.63) is 171 Å². The first kappa shape index (κ1) is 60.7. The number of H-pyrrole nitrogens is 2. The second-order valence-electron chi connectivity index (χ2n) is 22.8. The van der Waals surface area contributed by atoms with E-state index in [1.54, 1.807) is 18.4 Å². The zero-order chi connectivity index (χ0) is 58.6. The monoisotopic (exact) mass is 1190 g/mol. The fourth-order valence-electron chi connectivity index (χ4n) is 11.1. The summed E-state index contributed by atoms with van der Waals surface area (Å²) in [6.45, 7) is 11.6. The van der Waals surface area contributed by atoms with Gasteiger partial charge < -0.3 is 37.2 Å². The van der Waals surface area contributed by atoms with E-state index in [2.05, 4.69) is 115 Å². The molecule has 436 valence electrons. The van der Waals surface area contributed by atoms with Crippen molar-refractivity contribution in [1.82, 2.24) is 29.1 Å². The van der Waals surface area contributed by atoms with E-state index in [0.29, 0.717) is 0 Å². The third-order valence-electron chi connectivity index (χ3n) is 15.0. The number of methoxy groups -OCH3 is 1. The molecule has 20 nitrogen and oxygen atoms in total. The first-order valence-corrected chi connectivity index (χ1v) is 33.7. The summed E-state index contributed by atoms with van der Waals surface area (Å²) in [5, 5.41) is 5.74. The van der Waals surface area contributed by atoms with Crippen LogP contribution in [0.4, 0.5) is 5.95 Å². The van der Waals surface area contributed by atoms with Crippen molar-refractivity contribution in [2.75, 3.05) is 38.9 Å². The van der Waals surface area contributed by atoms with Crippen LogP contribution in [0, 0.1) is 5.92 Å². The lowest BCUT2D eigenvalue weighted by Gasteiger charge is -2.45. The molecule has 24 heteroatoms. The van der Waals surface area contributed by atoms with E-state index in [0.717, 1.165) is 20.7 Å². The van der Waals surface area contributed by atoms with Crippen LogP contribution in [0.2, 0.25) is 10.1 Å². The van der Waals surface area contributed by atoms with Gasteiger partial charge in [-0.25, -0.2) is 9.78 Å². The van der Waals surface area contributed by atoms with Crippen LogP contribution in [-0.2, 0) is 53.4 Å². The van der Waals surface area contributed by atoms with Crippen LogP contribution in [0.1, 0.15) is 74.3 Å². The number of amides is 1. The van der Waals surface area contributed by atoms with Gasteiger partial charge in [-0.05, 0) is 42.6 Å². The maximum Gasteiger partial charge on any atom is 0.330 e. The summed E-state index contributed by atoms with van der Waals surface area (Å²) in [5.41, 5.74) is -1.78. The van der Waals surface area contributed by atoms with E-state index in [1.807, 2.05) is 72.8 Å². The topological polar surface area (TPSA) is 242 Å². The minimum absolute atomic E-state index is 0.00421. The number of benzene rings is 4. The van der Waals surface area contributed by atoms with E-state index in [9.17, 15) is 24.1 Å². The summed E-state index contributed by atoms with van der Waals surface area (Å²) in [6, 6.07) is 41.4. The average Bonchev–Trinajstić information content (AvgIpc) is 4.29. The fourth-order valence-corrected chi connectivity index (χ4v) is 21.8. The molecule has 2 fully saturated rings. The van der Waals surface area contributed by atoms with Gasteiger partial charge >= 0.3 is 12.4 Å². The van der Waals surface area contributed by atoms with Crippen LogP contribution >= 0.6 is 6.72 Å². The number of rotatable bonds is 22. The van der Waals surface area contributed by atoms with E-state index in [4.69, 9.17) is 48.7 Å². The lowest BCUT2D eigenvalue weighted by atomic mass is 10.1. The number of ether oxygens (including phenoxy) is 4. The van der Waals surface area contributed by atoms with Crippen molar-refractivity contribution in [2.24, 2.45) is 5.92 Å². The Bertz CT molecular complexity index is 3450. The highest BCUT2D eigenvalue weighted by Gasteiger charge is 2.56. The SMILES string of the molecule is COCCO[C@@H]1[C@H](O[P@@](O)(=S)OC[C@H]2O[C@@H](n3cnc4c(=O)[nH]c(NC(=O)C(C)C)nc43)C[C@@H]2O[Si](c2ccccc2)(c2ccccc2)C(C)(C)C)[C@@H](CO[Si](c2ccccc2)(c2ccccc2)C(C)(C)C)O[C@H]1n1ccc(=O)[nH]c1=O. The van der Waals surface area contributed by atoms with Gasteiger partial charge in [0.25, 0.3) is 27.8 Å². The van der Waals surface area contributed by atoms with Crippen molar-refractivity contribution >= 4 is 78.9 Å². The van der Waals surface area contributed by atoms with Crippen LogP contribution < -0.4 is 42.9 Å². The Kier molecular flexibility index (Phi) is 18.6. The van der Waals surface area contributed by atoms with Crippen LogP contribution in [0.25, 0.3) is 11.2 Å². The van der Waals surface area contributed by atoms with E-state index in [-0.39, 0.29) is 55.9 Å². The molecule has 2 aliphatic rings. The quantitative estimate of drug-likeness (QED) is 0.0366. The number of aromatic nitrogens is 6. The van der Waals surface area contributed by atoms with Gasteiger partial charge in [-0.2, -0.15) is 4.98 Å². The predicted octanol–water partition coefficient (Wildman–Crippen LogP) is 5.62. The minimum atomic E-state index is -4.43. The summed E-state index contributed by atoms with van der Waals surface area (Å²) in [7, 11) is -5.09. The highest BCUT2D eigenvalue weighted by molar-refractivity contribution is 8.07. The van der Waals surface area contributed by atoms with Gasteiger partial charge in [0.05, 0.1) is 38.9 Å². The molecule has 5 heterocycles. The van der Waals surface area contributed by atoms with Crippen molar-refractivity contribution < 1.29 is 46.5 Å². The van der Waals surface area contributed by atoms with Crippen molar-refractivity contribution in [2.45, 2.75) is 115 Å². The van der Waals surface area contributed by atoms with Gasteiger partial charge in [0.1, 0.15) is 30.6 Å². The van der Waals surface area contributed by atoms with Crippen LogP contribution in [0.3, 0.4) is 0 Å². The molecular formula is C58H72N7O13PSSi2. The molecule has 2 aliphatic heterocycles. The molecule has 9 rings (SSSR count). The summed E-state index contributed by atoms with van der Waals surface area (Å²) in [6.07, 6.45) is -4.38. The van der Waals surface area contributed by atoms with E-state index < -0.39 is 99.1 Å². The molecule has 0 bridgehead atoms. The molecule has 0 radical (unpaired) electrons. The van der Waals surface area contributed by atoms with Gasteiger partial charge in [0, 0.05) is 31.7 Å². The molecule has 7 aromatic rings. The lowest BCUT2D eigenvalue weighted by molar-refractivity contribution is -0.118. The largest absolute Gasteiger partial charge is 0.405 e. The van der Waals surface area contributed by atoms with E-state index in [1.165, 1.54) is 30.3 Å². The van der Waals surface area contributed by atoms with Gasteiger partial charge in [-0.3, -0.25) is 43.3 Å². The number of carbonyl (C=O) groups is 1. The maximum absolute atomic E-state index is 13.7. The highest BCUT2D eigenvalue weighted by Crippen LogP contribution is 2.51. The Labute approximate surface area is 483 Å². The molecule has 3 aromatic heterocycles. The minimum Gasteiger partial charge on any atom is -0.405 e. The molecule has 82 heavy (non-hydrogen) atoms. The van der Waals surface area contributed by atoms with Crippen molar-refractivity contribution in [1.29, 1.82) is 0 Å². The smallest absolute Gasteiger partial charge is 0.330 e. The molecule has 2 saturated heterocycles. The molecular weight excluding hydrogens is 1120 g/mol. The second-order valence-corrected chi connectivity index (χ2v) is 34.1. The third kappa shape index (κ3) is 12.6. The van der Waals surface area contributed by atoms with Gasteiger partial charge in [-0.15, -0.1) is 0 Å². The summed E-state index contributed by atoms with van der Waals surface area (Å²) >= 11 is 5.99. The van der Waals surface area contributed by atoms with Crippen LogP contribution in [-0.4, -0.2) is 121 Å². The first-order valence-electron chi connectivity index (χ1n) is 27.3. The number of fused-ring (bicyclic) bond motifs is 1. The molecule has 0 saturated carbocycles. The van der Waals surface area contributed by atoms with Gasteiger partial charge in [0.2, 0.25) is 11.9 Å². The van der Waals surface area contributed by atoms with Crippen LogP contribution in [0.5, 0.6) is 0 Å². The Balaban J connectivity index is 1.10. The Morgan fingerprint density at radius 1 is 0.768 bits per heavy atom. The van der Waals surface area contributed by atoms with E-state index >= 15 is 0 Å². The molecule has 0 aliphatic carbocycles. The number of anilines is 1. The zero-order valence-electron chi connectivity index (χ0n) is 47.4. The normalized spacial score (nSPS) is 21.5. The van der Waals surface area contributed by atoms with Crippen molar-refractivity contribution in [3.63, 3.8) is 0 Å². The molecule has 1 amide bonds. The molecule has 8 atom stereocenters. The third-order valence-corrected chi connectivity index (χ3v) is 26.6. The Morgan fingerprint density at radius 2 is 1.33 bits per heavy atom. The molecule has 4 aromatic carbocycles. The molecule has 0 unspecified atom stereocenters. The highest BCUT2D eigenvalue weighted by atomic mass is 32.5. The number of nitrogens with one attached hydrogen (secondary N) is 3. The second kappa shape index (κ2) is 25.1. The number of hydrogen-bond donors (Lipinski definition) is 4. The predicted molar refractivity (Wildman–Crippen MR) is 320 cm³/mol. The first-order chi connectivity index (χ1) is 39.1. The molecule has 0 spiro atoms. The standard InChI is InChI=1S/C58H72N7O13PSSi2/c1-38(2)52(67)62-55-61-51-48(53(68)63-55)59-37-65(51)47-34-43(78-82(58(6,7)8,41-26-18-12-19-27-41)42-28-20-13-21-29-42)44(75-47)35-73-79(70,80)77-49-45(76-54(50(49)72-33-32-71-9)64-31-30-46(66)60-56(64)69)36-74-81(57(3,4)5,39-22-14-10-15-23-39)40-24-16-11-17-25-40/h10-31,37-38,43-45,47,49-50,54H,32-36H2,1-9H3,(H,70,80)(H,60,66,69)(H2,61,62,63,67,68)/t43-,44+,45+,47+,49+,50+,54+,79-/m0/s1. The number of imidazole rings is 1. The zero-order valence-corrected chi connectivity index (χ0v) is 51.1. The average molecular weight is 1190 g/mol. The van der Waals surface area contributed by atoms with Gasteiger partial charge in [-0.1, -0.05) is 177 Å². The van der Waals surface area contributed by atoms with Gasteiger partial charge in [0.15, 0.2) is 17.4 Å². The lowest BCUT2D eigenvalue weighted by Crippen LogP contribution is -2.68. The summed E-state index contributed by atoms with van der Waals surface area (Å²) in [4.78, 5) is 79.0. The maximum atomic E-state index is 13.7. The Morgan fingerprint density at radius 3 is 1.85 bits per heavy atom. The summed E-state index contributed by atoms with van der Waals surface area (Å²) in [5.74, 6) is -0.805. The van der Waals surface area contributed by atoms with Crippen LogP contribution in [0.15, 0.2) is 154 Å². The number of nitrogens with zero attached hydrogens (tertiary/aromatic N) is 4. The fraction of sp³-hybridized carbons (Fsp3) is 0.414. The molecule has 4 N–H and O–H groups in total. The summed E-state index contributed by atoms with van der Waals surface area (Å²) < 4.78 is 56.7. The Hall–Kier alpha value is -5.90.